The zero-order chi connectivity index (χ0) is 13.6. The lowest BCUT2D eigenvalue weighted by Gasteiger charge is -2.26. The molecule has 0 saturated carbocycles. The number of rotatable bonds is 4. The van der Waals surface area contributed by atoms with Crippen molar-refractivity contribution in [3.8, 4) is 11.1 Å². The van der Waals surface area contributed by atoms with E-state index in [1.807, 2.05) is 0 Å². The normalized spacial score (nSPS) is 16.0. The van der Waals surface area contributed by atoms with Crippen molar-refractivity contribution in [2.75, 3.05) is 25.1 Å². The van der Waals surface area contributed by atoms with Crippen LogP contribution in [0.2, 0.25) is 0 Å². The third-order valence-electron chi connectivity index (χ3n) is 3.95. The molecular formula is C18H22N2. The topological polar surface area (TPSA) is 15.3 Å². The van der Waals surface area contributed by atoms with Crippen LogP contribution in [-0.4, -0.2) is 24.7 Å². The zero-order valence-corrected chi connectivity index (χ0v) is 11.9. The first kappa shape index (κ1) is 13.2. The molecule has 0 aliphatic carbocycles. The first-order valence-corrected chi connectivity index (χ1v) is 7.53. The van der Waals surface area contributed by atoms with E-state index in [4.69, 9.17) is 0 Å². The van der Waals surface area contributed by atoms with E-state index in [2.05, 4.69) is 64.8 Å². The minimum absolute atomic E-state index is 0.963. The Morgan fingerprint density at radius 2 is 1.40 bits per heavy atom. The fourth-order valence-corrected chi connectivity index (χ4v) is 2.73. The molecule has 20 heavy (non-hydrogen) atoms. The van der Waals surface area contributed by atoms with Gasteiger partial charge in [0.2, 0.25) is 0 Å². The minimum atomic E-state index is 0.963. The Labute approximate surface area is 121 Å². The van der Waals surface area contributed by atoms with Gasteiger partial charge < -0.3 is 5.32 Å². The maximum atomic E-state index is 3.52. The van der Waals surface area contributed by atoms with Crippen molar-refractivity contribution in [2.45, 2.75) is 19.3 Å². The van der Waals surface area contributed by atoms with E-state index in [9.17, 15) is 0 Å². The molecule has 0 radical (unpaired) electrons. The van der Waals surface area contributed by atoms with Crippen LogP contribution in [0, 0.1) is 0 Å². The standard InChI is InChI=1S/C18H22N2/c1-3-7-16(8-4-1)17-9-11-18(12-10-17)19-15-20-13-5-2-6-14-20/h1,3-4,7-12,19H,2,5-6,13-15H2. The van der Waals surface area contributed by atoms with E-state index in [1.54, 1.807) is 0 Å². The predicted octanol–water partition coefficient (Wildman–Crippen LogP) is 4.21. The monoisotopic (exact) mass is 266 g/mol. The molecule has 104 valence electrons. The van der Waals surface area contributed by atoms with E-state index in [-0.39, 0.29) is 0 Å². The fraction of sp³-hybridized carbons (Fsp3) is 0.333. The van der Waals surface area contributed by atoms with Gasteiger partial charge in [-0.25, -0.2) is 0 Å². The number of hydrogen-bond acceptors (Lipinski definition) is 2. The number of benzene rings is 2. The maximum Gasteiger partial charge on any atom is 0.0678 e. The number of nitrogens with one attached hydrogen (secondary N) is 1. The summed E-state index contributed by atoms with van der Waals surface area (Å²) in [5.41, 5.74) is 3.75. The molecule has 1 aliphatic rings. The predicted molar refractivity (Wildman–Crippen MR) is 85.8 cm³/mol. The molecule has 3 rings (SSSR count). The zero-order valence-electron chi connectivity index (χ0n) is 11.9. The lowest BCUT2D eigenvalue weighted by Crippen LogP contribution is -2.34. The van der Waals surface area contributed by atoms with E-state index in [1.165, 1.54) is 49.2 Å². The molecule has 0 atom stereocenters. The summed E-state index contributed by atoms with van der Waals surface area (Å²) in [5.74, 6) is 0. The van der Waals surface area contributed by atoms with Crippen LogP contribution in [0.5, 0.6) is 0 Å². The van der Waals surface area contributed by atoms with Crippen LogP contribution < -0.4 is 5.32 Å². The van der Waals surface area contributed by atoms with Gasteiger partial charge >= 0.3 is 0 Å². The number of nitrogens with zero attached hydrogens (tertiary/aromatic N) is 1. The Morgan fingerprint density at radius 1 is 0.750 bits per heavy atom. The van der Waals surface area contributed by atoms with Crippen molar-refractivity contribution in [1.82, 2.24) is 4.90 Å². The van der Waals surface area contributed by atoms with Crippen molar-refractivity contribution < 1.29 is 0 Å². The average molecular weight is 266 g/mol. The molecule has 0 unspecified atom stereocenters. The van der Waals surface area contributed by atoms with Crippen LogP contribution in [0.4, 0.5) is 5.69 Å². The molecule has 0 bridgehead atoms. The largest absolute Gasteiger partial charge is 0.372 e. The van der Waals surface area contributed by atoms with Gasteiger partial charge in [-0.15, -0.1) is 0 Å². The molecule has 1 aliphatic heterocycles. The summed E-state index contributed by atoms with van der Waals surface area (Å²) in [7, 11) is 0. The number of piperidine rings is 1. The van der Waals surface area contributed by atoms with Gasteiger partial charge in [0.05, 0.1) is 6.67 Å². The number of likely N-dealkylation sites (tertiary alicyclic amines) is 1. The molecule has 1 N–H and O–H groups in total. The molecule has 0 spiro atoms. The third-order valence-corrected chi connectivity index (χ3v) is 3.95. The van der Waals surface area contributed by atoms with Crippen LogP contribution in [0.25, 0.3) is 11.1 Å². The van der Waals surface area contributed by atoms with Crippen LogP contribution in [-0.2, 0) is 0 Å². The van der Waals surface area contributed by atoms with Gasteiger partial charge in [0.1, 0.15) is 0 Å². The lowest BCUT2D eigenvalue weighted by atomic mass is 10.1. The quantitative estimate of drug-likeness (QED) is 0.891. The summed E-state index contributed by atoms with van der Waals surface area (Å²) in [6, 6.07) is 19.2. The van der Waals surface area contributed by atoms with Crippen LogP contribution in [0.1, 0.15) is 19.3 Å². The fourth-order valence-electron chi connectivity index (χ4n) is 2.73. The highest BCUT2D eigenvalue weighted by atomic mass is 15.2. The maximum absolute atomic E-state index is 3.52. The van der Waals surface area contributed by atoms with Gasteiger partial charge in [-0.3, -0.25) is 4.90 Å². The van der Waals surface area contributed by atoms with E-state index in [0.29, 0.717) is 0 Å². The van der Waals surface area contributed by atoms with Crippen molar-refractivity contribution in [3.63, 3.8) is 0 Å². The first-order valence-electron chi connectivity index (χ1n) is 7.53. The van der Waals surface area contributed by atoms with Gasteiger partial charge in [0, 0.05) is 5.69 Å². The molecule has 1 fully saturated rings. The molecule has 1 saturated heterocycles. The number of hydrogen-bond donors (Lipinski definition) is 1. The summed E-state index contributed by atoms with van der Waals surface area (Å²) in [6.07, 6.45) is 4.07. The van der Waals surface area contributed by atoms with Crippen molar-refractivity contribution in [2.24, 2.45) is 0 Å². The third kappa shape index (κ3) is 3.40. The van der Waals surface area contributed by atoms with Crippen LogP contribution in [0.15, 0.2) is 54.6 Å². The Hall–Kier alpha value is -1.80. The molecule has 1 heterocycles. The lowest BCUT2D eigenvalue weighted by molar-refractivity contribution is 0.244. The average Bonchev–Trinajstić information content (AvgIpc) is 2.55. The SMILES string of the molecule is c1ccc(-c2ccc(NCN3CCCCC3)cc2)cc1. The molecular weight excluding hydrogens is 244 g/mol. The second-order valence-corrected chi connectivity index (χ2v) is 5.46. The summed E-state index contributed by atoms with van der Waals surface area (Å²) in [5, 5.41) is 3.52. The summed E-state index contributed by atoms with van der Waals surface area (Å²) in [4.78, 5) is 2.49. The van der Waals surface area contributed by atoms with Gasteiger partial charge in [0.15, 0.2) is 0 Å². The van der Waals surface area contributed by atoms with Crippen LogP contribution in [0.3, 0.4) is 0 Å². The highest BCUT2D eigenvalue weighted by Crippen LogP contribution is 2.21. The Morgan fingerprint density at radius 3 is 2.10 bits per heavy atom. The highest BCUT2D eigenvalue weighted by molar-refractivity contribution is 5.65. The first-order chi connectivity index (χ1) is 9.92. The summed E-state index contributed by atoms with van der Waals surface area (Å²) >= 11 is 0. The number of anilines is 1. The van der Waals surface area contributed by atoms with Crippen molar-refractivity contribution in [3.05, 3.63) is 54.6 Å². The summed E-state index contributed by atoms with van der Waals surface area (Å²) < 4.78 is 0. The van der Waals surface area contributed by atoms with Gasteiger partial charge in [-0.1, -0.05) is 48.9 Å². The Balaban J connectivity index is 1.58. The van der Waals surface area contributed by atoms with Crippen LogP contribution >= 0.6 is 0 Å². The van der Waals surface area contributed by atoms with E-state index in [0.717, 1.165) is 6.67 Å². The molecule has 0 aromatic heterocycles. The Kier molecular flexibility index (Phi) is 4.34. The second-order valence-electron chi connectivity index (χ2n) is 5.46. The van der Waals surface area contributed by atoms with Crippen molar-refractivity contribution in [1.29, 1.82) is 0 Å². The Bertz CT molecular complexity index is 513. The molecule has 2 aromatic rings. The second kappa shape index (κ2) is 6.58. The molecule has 0 amide bonds. The smallest absolute Gasteiger partial charge is 0.0678 e. The highest BCUT2D eigenvalue weighted by Gasteiger charge is 2.08. The van der Waals surface area contributed by atoms with Gasteiger partial charge in [-0.05, 0) is 49.2 Å². The van der Waals surface area contributed by atoms with E-state index >= 15 is 0 Å². The molecule has 2 nitrogen and oxygen atoms in total. The van der Waals surface area contributed by atoms with E-state index < -0.39 is 0 Å². The minimum Gasteiger partial charge on any atom is -0.372 e. The molecule has 2 aromatic carbocycles. The van der Waals surface area contributed by atoms with Crippen molar-refractivity contribution >= 4 is 5.69 Å². The summed E-state index contributed by atoms with van der Waals surface area (Å²) in [6.45, 7) is 3.43. The van der Waals surface area contributed by atoms with Gasteiger partial charge in [0.25, 0.3) is 0 Å². The van der Waals surface area contributed by atoms with Gasteiger partial charge in [-0.2, -0.15) is 0 Å². The molecule has 2 heteroatoms.